The molecule has 3 aromatic rings. The number of Topliss-reactive ketones (excluding diaryl/α,β-unsaturated/α-hetero) is 1. The molecule has 1 aliphatic carbocycles. The van der Waals surface area contributed by atoms with Gasteiger partial charge in [-0.2, -0.15) is 4.98 Å². The average molecular weight is 406 g/mol. The van der Waals surface area contributed by atoms with Crippen LogP contribution in [0.15, 0.2) is 47.0 Å². The number of benzene rings is 2. The lowest BCUT2D eigenvalue weighted by molar-refractivity contribution is 0.0318. The third-order valence-electron chi connectivity index (χ3n) is 5.06. The lowest BCUT2D eigenvalue weighted by Crippen LogP contribution is -2.24. The van der Waals surface area contributed by atoms with Gasteiger partial charge in [-0.1, -0.05) is 17.3 Å². The molecule has 0 spiro atoms. The van der Waals surface area contributed by atoms with Gasteiger partial charge in [0.05, 0.1) is 5.56 Å². The number of nitrogens with zero attached hydrogens (tertiary/aromatic N) is 2. The largest absolute Gasteiger partial charge is 0.485 e. The summed E-state index contributed by atoms with van der Waals surface area (Å²) in [5.74, 6) is 0.701. The second kappa shape index (κ2) is 8.49. The Balaban J connectivity index is 1.34. The van der Waals surface area contributed by atoms with Crippen LogP contribution in [-0.4, -0.2) is 28.0 Å². The lowest BCUT2D eigenvalue weighted by atomic mass is 10.0. The molecule has 0 N–H and O–H groups in total. The first kappa shape index (κ1) is 19.8. The Labute approximate surface area is 174 Å². The van der Waals surface area contributed by atoms with E-state index in [1.165, 1.54) is 11.1 Å². The van der Waals surface area contributed by atoms with Gasteiger partial charge in [0, 0.05) is 12.5 Å². The minimum absolute atomic E-state index is 0.160. The zero-order valence-corrected chi connectivity index (χ0v) is 16.9. The molecule has 7 nitrogen and oxygen atoms in total. The Morgan fingerprint density at radius 1 is 1.07 bits per heavy atom. The quantitative estimate of drug-likeness (QED) is 0.434. The van der Waals surface area contributed by atoms with Gasteiger partial charge in [-0.3, -0.25) is 4.79 Å². The zero-order chi connectivity index (χ0) is 21.1. The number of hydrogen-bond donors (Lipinski definition) is 0. The molecule has 0 aliphatic heterocycles. The van der Waals surface area contributed by atoms with Crippen molar-refractivity contribution in [3.05, 3.63) is 76.4 Å². The van der Waals surface area contributed by atoms with Gasteiger partial charge in [0.15, 0.2) is 12.7 Å². The van der Waals surface area contributed by atoms with Crippen molar-refractivity contribution >= 4 is 11.8 Å². The summed E-state index contributed by atoms with van der Waals surface area (Å²) in [5, 5.41) is 3.75. The fourth-order valence-corrected chi connectivity index (χ4v) is 3.48. The molecular formula is C23H22N2O5. The first-order chi connectivity index (χ1) is 14.5. The first-order valence-corrected chi connectivity index (χ1v) is 9.88. The van der Waals surface area contributed by atoms with Gasteiger partial charge in [0.2, 0.25) is 17.5 Å². The van der Waals surface area contributed by atoms with Crippen molar-refractivity contribution in [2.24, 2.45) is 0 Å². The summed E-state index contributed by atoms with van der Waals surface area (Å²) < 4.78 is 15.8. The zero-order valence-electron chi connectivity index (χ0n) is 16.9. The van der Waals surface area contributed by atoms with E-state index in [-0.39, 0.29) is 12.4 Å². The van der Waals surface area contributed by atoms with E-state index in [1.54, 1.807) is 38.1 Å². The van der Waals surface area contributed by atoms with E-state index in [4.69, 9.17) is 14.0 Å². The molecule has 1 unspecified atom stereocenters. The molecule has 154 valence electrons. The second-order valence-corrected chi connectivity index (χ2v) is 7.29. The maximum Gasteiger partial charge on any atom is 0.338 e. The number of hydrogen-bond acceptors (Lipinski definition) is 7. The molecule has 0 saturated carbocycles. The fraction of sp³-hybridized carbons (Fsp3) is 0.304. The number of carbonyl (C=O) groups excluding carboxylic acids is 2. The topological polar surface area (TPSA) is 91.5 Å². The van der Waals surface area contributed by atoms with Crippen LogP contribution < -0.4 is 4.74 Å². The predicted octanol–water partition coefficient (Wildman–Crippen LogP) is 3.87. The summed E-state index contributed by atoms with van der Waals surface area (Å²) >= 11 is 0. The van der Waals surface area contributed by atoms with Crippen LogP contribution >= 0.6 is 0 Å². The van der Waals surface area contributed by atoms with E-state index in [2.05, 4.69) is 10.1 Å². The van der Waals surface area contributed by atoms with Crippen molar-refractivity contribution in [1.82, 2.24) is 10.1 Å². The number of aryl methyl sites for hydroxylation is 3. The summed E-state index contributed by atoms with van der Waals surface area (Å²) in [4.78, 5) is 29.2. The van der Waals surface area contributed by atoms with E-state index in [9.17, 15) is 9.59 Å². The Morgan fingerprint density at radius 3 is 2.53 bits per heavy atom. The van der Waals surface area contributed by atoms with Gasteiger partial charge in [0.25, 0.3) is 0 Å². The van der Waals surface area contributed by atoms with Crippen molar-refractivity contribution < 1.29 is 23.6 Å². The molecule has 4 rings (SSSR count). The highest BCUT2D eigenvalue weighted by Crippen LogP contribution is 2.24. The summed E-state index contributed by atoms with van der Waals surface area (Å²) in [5.41, 5.74) is 3.43. The number of esters is 1. The maximum absolute atomic E-state index is 12.7. The van der Waals surface area contributed by atoms with Crippen LogP contribution in [0.3, 0.4) is 0 Å². The molecule has 2 aromatic carbocycles. The Hall–Kier alpha value is -3.48. The molecule has 0 radical (unpaired) electrons. The summed E-state index contributed by atoms with van der Waals surface area (Å²) in [6.07, 6.45) is 2.30. The normalized spacial score (nSPS) is 13.5. The van der Waals surface area contributed by atoms with E-state index < -0.39 is 12.1 Å². The Kier molecular flexibility index (Phi) is 5.61. The van der Waals surface area contributed by atoms with Crippen LogP contribution in [0.2, 0.25) is 0 Å². The molecule has 1 atom stereocenters. The van der Waals surface area contributed by atoms with Gasteiger partial charge in [-0.25, -0.2) is 4.79 Å². The Morgan fingerprint density at radius 2 is 1.80 bits per heavy atom. The standard InChI is InChI=1S/C23H22N2O5/c1-14(22(26)19-7-6-16-4-3-5-18(16)12-19)29-23(27)17-8-10-20(11-9-17)28-13-21-24-15(2)30-25-21/h6-12,14H,3-5,13H2,1-2H3. The molecule has 0 bridgehead atoms. The van der Waals surface area contributed by atoms with Crippen LogP contribution in [0.25, 0.3) is 0 Å². The highest BCUT2D eigenvalue weighted by atomic mass is 16.5. The summed E-state index contributed by atoms with van der Waals surface area (Å²) in [6.45, 7) is 3.46. The average Bonchev–Trinajstić information content (AvgIpc) is 3.39. The summed E-state index contributed by atoms with van der Waals surface area (Å²) in [6, 6.07) is 12.2. The molecule has 0 amide bonds. The molecule has 1 aliphatic rings. The van der Waals surface area contributed by atoms with Crippen LogP contribution in [-0.2, 0) is 24.2 Å². The molecule has 7 heteroatoms. The third-order valence-corrected chi connectivity index (χ3v) is 5.06. The number of aromatic nitrogens is 2. The highest BCUT2D eigenvalue weighted by Gasteiger charge is 2.22. The van der Waals surface area contributed by atoms with Crippen LogP contribution in [0.5, 0.6) is 5.75 Å². The van der Waals surface area contributed by atoms with Gasteiger partial charge < -0.3 is 14.0 Å². The van der Waals surface area contributed by atoms with Crippen LogP contribution in [0.4, 0.5) is 0 Å². The van der Waals surface area contributed by atoms with E-state index in [0.717, 1.165) is 19.3 Å². The van der Waals surface area contributed by atoms with E-state index in [0.29, 0.717) is 28.6 Å². The summed E-state index contributed by atoms with van der Waals surface area (Å²) in [7, 11) is 0. The highest BCUT2D eigenvalue weighted by molar-refractivity contribution is 6.01. The van der Waals surface area contributed by atoms with Crippen molar-refractivity contribution in [2.45, 2.75) is 45.8 Å². The SMILES string of the molecule is Cc1nc(COc2ccc(C(=O)OC(C)C(=O)c3ccc4c(c3)CCC4)cc2)no1. The van der Waals surface area contributed by atoms with Crippen LogP contribution in [0.1, 0.15) is 56.9 Å². The number of carbonyl (C=O) groups is 2. The monoisotopic (exact) mass is 406 g/mol. The predicted molar refractivity (Wildman–Crippen MR) is 107 cm³/mol. The number of ether oxygens (including phenoxy) is 2. The fourth-order valence-electron chi connectivity index (χ4n) is 3.48. The van der Waals surface area contributed by atoms with Crippen molar-refractivity contribution in [3.8, 4) is 5.75 Å². The number of rotatable bonds is 7. The van der Waals surface area contributed by atoms with Gasteiger partial charge in [-0.15, -0.1) is 0 Å². The molecular weight excluding hydrogens is 384 g/mol. The van der Waals surface area contributed by atoms with Crippen molar-refractivity contribution in [1.29, 1.82) is 0 Å². The van der Waals surface area contributed by atoms with Crippen molar-refractivity contribution in [2.75, 3.05) is 0 Å². The molecule has 0 saturated heterocycles. The molecule has 30 heavy (non-hydrogen) atoms. The van der Waals surface area contributed by atoms with Crippen molar-refractivity contribution in [3.63, 3.8) is 0 Å². The van der Waals surface area contributed by atoms with E-state index in [1.807, 2.05) is 18.2 Å². The second-order valence-electron chi connectivity index (χ2n) is 7.29. The number of ketones is 1. The Bertz CT molecular complexity index is 1070. The maximum atomic E-state index is 12.7. The van der Waals surface area contributed by atoms with Gasteiger partial charge in [0.1, 0.15) is 5.75 Å². The minimum Gasteiger partial charge on any atom is -0.485 e. The van der Waals surface area contributed by atoms with Gasteiger partial charge in [-0.05, 0) is 67.6 Å². The molecule has 0 fully saturated rings. The smallest absolute Gasteiger partial charge is 0.338 e. The third kappa shape index (κ3) is 4.40. The van der Waals surface area contributed by atoms with Crippen LogP contribution in [0, 0.1) is 6.92 Å². The lowest BCUT2D eigenvalue weighted by Gasteiger charge is -2.13. The minimum atomic E-state index is -0.866. The molecule has 1 aromatic heterocycles. The van der Waals surface area contributed by atoms with Gasteiger partial charge >= 0.3 is 5.97 Å². The van der Waals surface area contributed by atoms with E-state index >= 15 is 0 Å². The molecule has 1 heterocycles. The first-order valence-electron chi connectivity index (χ1n) is 9.88. The number of fused-ring (bicyclic) bond motifs is 1.